The van der Waals surface area contributed by atoms with E-state index in [1.807, 2.05) is 4.90 Å². The summed E-state index contributed by atoms with van der Waals surface area (Å²) < 4.78 is 0. The lowest BCUT2D eigenvalue weighted by Crippen LogP contribution is -2.56. The van der Waals surface area contributed by atoms with Gasteiger partial charge in [-0.05, 0) is 0 Å². The number of carbonyl (C=O) groups is 2. The predicted octanol–water partition coefficient (Wildman–Crippen LogP) is -0.715. The molecule has 0 bridgehead atoms. The van der Waals surface area contributed by atoms with Crippen molar-refractivity contribution in [2.75, 3.05) is 19.6 Å². The Morgan fingerprint density at radius 1 is 1.73 bits per heavy atom. The van der Waals surface area contributed by atoms with Gasteiger partial charge in [-0.25, -0.2) is 0 Å². The third kappa shape index (κ3) is 3.26. The van der Waals surface area contributed by atoms with E-state index in [1.54, 1.807) is 0 Å². The molecule has 5 nitrogen and oxygen atoms in total. The predicted molar refractivity (Wildman–Crippen MR) is 54.1 cm³/mol. The molecule has 15 heavy (non-hydrogen) atoms. The minimum absolute atomic E-state index is 0.170. The number of rotatable bonds is 4. The summed E-state index contributed by atoms with van der Waals surface area (Å²) >= 11 is 0. The first-order valence-electron chi connectivity index (χ1n) is 4.82. The summed E-state index contributed by atoms with van der Waals surface area (Å²) in [5.41, 5.74) is 0. The van der Waals surface area contributed by atoms with Gasteiger partial charge in [0.1, 0.15) is 0 Å². The smallest absolute Gasteiger partial charge is 0.305 e. The van der Waals surface area contributed by atoms with Crippen molar-refractivity contribution >= 4 is 11.9 Å². The van der Waals surface area contributed by atoms with Gasteiger partial charge in [0.05, 0.1) is 12.5 Å². The van der Waals surface area contributed by atoms with Crippen LogP contribution in [0.25, 0.3) is 0 Å². The normalized spacial score (nSPS) is 21.8. The number of terminal acetylenes is 1. The number of hydrogen-bond acceptors (Lipinski definition) is 3. The summed E-state index contributed by atoms with van der Waals surface area (Å²) in [4.78, 5) is 23.8. The number of carboxylic acids is 1. The van der Waals surface area contributed by atoms with Gasteiger partial charge in [0.2, 0.25) is 5.91 Å². The highest BCUT2D eigenvalue weighted by Crippen LogP contribution is 2.09. The average molecular weight is 210 g/mol. The molecule has 82 valence electrons. The van der Waals surface area contributed by atoms with E-state index in [0.717, 1.165) is 0 Å². The third-order valence-electron chi connectivity index (χ3n) is 2.35. The highest BCUT2D eigenvalue weighted by Gasteiger charge is 2.30. The van der Waals surface area contributed by atoms with Crippen LogP contribution in [0.15, 0.2) is 0 Å². The zero-order valence-corrected chi connectivity index (χ0v) is 8.40. The van der Waals surface area contributed by atoms with Gasteiger partial charge in [0.25, 0.3) is 0 Å². The van der Waals surface area contributed by atoms with Gasteiger partial charge in [-0.15, -0.1) is 12.3 Å². The molecular weight excluding hydrogens is 196 g/mol. The Labute approximate surface area is 88.4 Å². The fraction of sp³-hybridized carbons (Fsp3) is 0.600. The van der Waals surface area contributed by atoms with Crippen LogP contribution in [0.3, 0.4) is 0 Å². The van der Waals surface area contributed by atoms with Crippen LogP contribution in [0.5, 0.6) is 0 Å². The van der Waals surface area contributed by atoms with Crippen LogP contribution in [0.4, 0.5) is 0 Å². The van der Waals surface area contributed by atoms with Crippen molar-refractivity contribution in [1.29, 1.82) is 0 Å². The van der Waals surface area contributed by atoms with Gasteiger partial charge in [-0.2, -0.15) is 0 Å². The van der Waals surface area contributed by atoms with Gasteiger partial charge < -0.3 is 10.4 Å². The third-order valence-corrected chi connectivity index (χ3v) is 2.35. The number of nitrogens with zero attached hydrogens (tertiary/aromatic N) is 1. The maximum absolute atomic E-state index is 11.4. The van der Waals surface area contributed by atoms with E-state index >= 15 is 0 Å². The molecule has 0 aliphatic carbocycles. The van der Waals surface area contributed by atoms with Crippen molar-refractivity contribution in [2.24, 2.45) is 0 Å². The molecule has 0 aromatic heterocycles. The molecule has 1 atom stereocenters. The SMILES string of the molecule is C#CCCN1CCNC(=O)C1CC(=O)O. The lowest BCUT2D eigenvalue weighted by molar-refractivity contribution is -0.143. The van der Waals surface area contributed by atoms with Crippen molar-refractivity contribution in [3.63, 3.8) is 0 Å². The van der Waals surface area contributed by atoms with Crippen molar-refractivity contribution in [3.8, 4) is 12.3 Å². The molecule has 0 radical (unpaired) electrons. The number of piperazine rings is 1. The van der Waals surface area contributed by atoms with Crippen LogP contribution in [-0.2, 0) is 9.59 Å². The minimum Gasteiger partial charge on any atom is -0.481 e. The highest BCUT2D eigenvalue weighted by molar-refractivity contribution is 5.86. The van der Waals surface area contributed by atoms with E-state index in [0.29, 0.717) is 26.1 Å². The Kier molecular flexibility index (Phi) is 4.13. The first-order valence-corrected chi connectivity index (χ1v) is 4.82. The second-order valence-electron chi connectivity index (χ2n) is 3.39. The number of hydrogen-bond donors (Lipinski definition) is 2. The lowest BCUT2D eigenvalue weighted by Gasteiger charge is -2.33. The largest absolute Gasteiger partial charge is 0.481 e. The Hall–Kier alpha value is -1.54. The molecule has 1 aliphatic heterocycles. The molecule has 1 saturated heterocycles. The van der Waals surface area contributed by atoms with Gasteiger partial charge >= 0.3 is 5.97 Å². The van der Waals surface area contributed by atoms with Crippen LogP contribution in [-0.4, -0.2) is 47.6 Å². The molecule has 0 saturated carbocycles. The summed E-state index contributed by atoms with van der Waals surface area (Å²) in [5, 5.41) is 11.3. The lowest BCUT2D eigenvalue weighted by atomic mass is 10.1. The molecule has 0 spiro atoms. The van der Waals surface area contributed by atoms with Crippen LogP contribution in [0, 0.1) is 12.3 Å². The monoisotopic (exact) mass is 210 g/mol. The molecule has 0 aromatic rings. The summed E-state index contributed by atoms with van der Waals surface area (Å²) in [7, 11) is 0. The first-order chi connectivity index (χ1) is 7.15. The maximum atomic E-state index is 11.4. The summed E-state index contributed by atoms with van der Waals surface area (Å²) in [6.45, 7) is 1.78. The minimum atomic E-state index is -0.970. The average Bonchev–Trinajstić information content (AvgIpc) is 2.18. The van der Waals surface area contributed by atoms with Gasteiger partial charge in [-0.1, -0.05) is 0 Å². The van der Waals surface area contributed by atoms with Crippen LogP contribution >= 0.6 is 0 Å². The Morgan fingerprint density at radius 3 is 3.07 bits per heavy atom. The zero-order chi connectivity index (χ0) is 11.3. The number of amides is 1. The fourth-order valence-corrected chi connectivity index (χ4v) is 1.63. The molecule has 1 unspecified atom stereocenters. The number of aliphatic carboxylic acids is 1. The van der Waals surface area contributed by atoms with Crippen LogP contribution in [0.2, 0.25) is 0 Å². The molecule has 5 heteroatoms. The highest BCUT2D eigenvalue weighted by atomic mass is 16.4. The molecule has 1 heterocycles. The molecule has 2 N–H and O–H groups in total. The maximum Gasteiger partial charge on any atom is 0.305 e. The number of carboxylic acid groups (broad SMARTS) is 1. The number of nitrogens with one attached hydrogen (secondary N) is 1. The van der Waals surface area contributed by atoms with E-state index < -0.39 is 12.0 Å². The van der Waals surface area contributed by atoms with Gasteiger partial charge in [-0.3, -0.25) is 14.5 Å². The molecule has 1 aliphatic rings. The summed E-state index contributed by atoms with van der Waals surface area (Å²) in [6, 6.07) is -0.579. The standard InChI is InChI=1S/C10H14N2O3/c1-2-3-5-12-6-4-11-10(15)8(12)7-9(13)14/h1,8H,3-7H2,(H,11,15)(H,13,14). The summed E-state index contributed by atoms with van der Waals surface area (Å²) in [5.74, 6) is 1.29. The molecular formula is C10H14N2O3. The van der Waals surface area contributed by atoms with E-state index in [-0.39, 0.29) is 12.3 Å². The van der Waals surface area contributed by atoms with Crippen molar-refractivity contribution in [1.82, 2.24) is 10.2 Å². The van der Waals surface area contributed by atoms with Gasteiger partial charge in [0, 0.05) is 26.1 Å². The van der Waals surface area contributed by atoms with E-state index in [4.69, 9.17) is 11.5 Å². The quantitative estimate of drug-likeness (QED) is 0.601. The molecule has 1 rings (SSSR count). The molecule has 1 fully saturated rings. The second-order valence-corrected chi connectivity index (χ2v) is 3.39. The second kappa shape index (κ2) is 5.37. The van der Waals surface area contributed by atoms with Crippen LogP contribution < -0.4 is 5.32 Å². The van der Waals surface area contributed by atoms with Crippen molar-refractivity contribution < 1.29 is 14.7 Å². The topological polar surface area (TPSA) is 69.6 Å². The molecule has 0 aromatic carbocycles. The van der Waals surface area contributed by atoms with E-state index in [2.05, 4.69) is 11.2 Å². The van der Waals surface area contributed by atoms with Gasteiger partial charge in [0.15, 0.2) is 0 Å². The Morgan fingerprint density at radius 2 is 2.47 bits per heavy atom. The van der Waals surface area contributed by atoms with Crippen molar-refractivity contribution in [3.05, 3.63) is 0 Å². The summed E-state index contributed by atoms with van der Waals surface area (Å²) in [6.07, 6.45) is 5.49. The first kappa shape index (κ1) is 11.5. The zero-order valence-electron chi connectivity index (χ0n) is 8.40. The Bertz CT molecular complexity index is 296. The van der Waals surface area contributed by atoms with Crippen LogP contribution in [0.1, 0.15) is 12.8 Å². The number of carbonyl (C=O) groups excluding carboxylic acids is 1. The van der Waals surface area contributed by atoms with E-state index in [1.165, 1.54) is 0 Å². The molecule has 1 amide bonds. The fourth-order valence-electron chi connectivity index (χ4n) is 1.63. The van der Waals surface area contributed by atoms with Crippen molar-refractivity contribution in [2.45, 2.75) is 18.9 Å². The Balaban J connectivity index is 2.60. The van der Waals surface area contributed by atoms with E-state index in [9.17, 15) is 9.59 Å².